The highest BCUT2D eigenvalue weighted by molar-refractivity contribution is 5.35. The Hall–Kier alpha value is -3.16. The second-order valence-corrected chi connectivity index (χ2v) is 5.79. The lowest BCUT2D eigenvalue weighted by Crippen LogP contribution is -2.25. The first-order valence-electron chi connectivity index (χ1n) is 7.96. The molecule has 8 heteroatoms. The number of hydrogen-bond donors (Lipinski definition) is 0. The van der Waals surface area contributed by atoms with Crippen LogP contribution < -0.4 is 9.47 Å². The fraction of sp³-hybridized carbons (Fsp3) is 0.333. The van der Waals surface area contributed by atoms with Crippen molar-refractivity contribution in [2.45, 2.75) is 11.8 Å². The van der Waals surface area contributed by atoms with Crippen molar-refractivity contribution in [2.75, 3.05) is 27.3 Å². The molecule has 8 nitrogen and oxygen atoms in total. The molecule has 0 fully saturated rings. The molecule has 0 spiro atoms. The molecule has 0 saturated carbocycles. The first-order valence-corrected chi connectivity index (χ1v) is 7.96. The van der Waals surface area contributed by atoms with Crippen LogP contribution in [0.25, 0.3) is 0 Å². The van der Waals surface area contributed by atoms with Crippen LogP contribution in [0.1, 0.15) is 23.0 Å². The Morgan fingerprint density at radius 2 is 1.04 bits per heavy atom. The van der Waals surface area contributed by atoms with Gasteiger partial charge in [0.2, 0.25) is 13.1 Å². The average molecular weight is 360 g/mol. The van der Waals surface area contributed by atoms with Crippen molar-refractivity contribution < 1.29 is 19.3 Å². The zero-order chi connectivity index (χ0) is 19.1. The molecule has 0 amide bonds. The molecule has 0 aliphatic heterocycles. The van der Waals surface area contributed by atoms with Crippen LogP contribution in [0.3, 0.4) is 0 Å². The van der Waals surface area contributed by atoms with Gasteiger partial charge in [0.1, 0.15) is 11.5 Å². The van der Waals surface area contributed by atoms with Gasteiger partial charge in [0, 0.05) is 9.85 Å². The van der Waals surface area contributed by atoms with E-state index in [1.54, 1.807) is 48.5 Å². The molecule has 0 saturated heterocycles. The van der Waals surface area contributed by atoms with Crippen LogP contribution in [0.4, 0.5) is 0 Å². The standard InChI is InChI=1S/C18H20N2O6/c1-25-15-7-3-13(4-8-15)17(11-19(21)22)18(12-20(23)24)14-5-9-16(26-2)10-6-14/h3-10,17-18H,11-12H2,1-2H3/t17-,18-/m1/s1. The van der Waals surface area contributed by atoms with Crippen LogP contribution >= 0.6 is 0 Å². The molecule has 0 bridgehead atoms. The maximum absolute atomic E-state index is 11.2. The van der Waals surface area contributed by atoms with E-state index in [0.717, 1.165) is 0 Å². The van der Waals surface area contributed by atoms with Gasteiger partial charge >= 0.3 is 0 Å². The summed E-state index contributed by atoms with van der Waals surface area (Å²) in [5, 5.41) is 22.4. The summed E-state index contributed by atoms with van der Waals surface area (Å²) in [6.45, 7) is -0.812. The summed E-state index contributed by atoms with van der Waals surface area (Å²) in [5.74, 6) is -0.0582. The third-order valence-electron chi connectivity index (χ3n) is 4.27. The molecule has 0 heterocycles. The van der Waals surface area contributed by atoms with Crippen molar-refractivity contribution in [1.82, 2.24) is 0 Å². The Bertz CT molecular complexity index is 680. The minimum absolute atomic E-state index is 0.406. The van der Waals surface area contributed by atoms with Crippen LogP contribution in [-0.4, -0.2) is 37.2 Å². The highest BCUT2D eigenvalue weighted by Crippen LogP contribution is 2.35. The third kappa shape index (κ3) is 4.92. The molecule has 2 aromatic rings. The highest BCUT2D eigenvalue weighted by Gasteiger charge is 2.33. The Morgan fingerprint density at radius 3 is 1.27 bits per heavy atom. The van der Waals surface area contributed by atoms with Gasteiger partial charge in [-0.25, -0.2) is 0 Å². The first-order chi connectivity index (χ1) is 12.4. The molecule has 2 rings (SSSR count). The second kappa shape index (κ2) is 8.80. The number of nitro groups is 2. The van der Waals surface area contributed by atoms with Gasteiger partial charge in [0.05, 0.1) is 26.1 Å². The summed E-state index contributed by atoms with van der Waals surface area (Å²) in [6, 6.07) is 13.6. The molecular weight excluding hydrogens is 340 g/mol. The van der Waals surface area contributed by atoms with Gasteiger partial charge in [0.15, 0.2) is 0 Å². The van der Waals surface area contributed by atoms with E-state index in [-0.39, 0.29) is 0 Å². The molecule has 0 aliphatic rings. The normalized spacial score (nSPS) is 12.8. The summed E-state index contributed by atoms with van der Waals surface area (Å²) in [4.78, 5) is 21.6. The van der Waals surface area contributed by atoms with Crippen LogP contribution in [0, 0.1) is 20.2 Å². The lowest BCUT2D eigenvalue weighted by Gasteiger charge is -2.22. The maximum atomic E-state index is 11.2. The van der Waals surface area contributed by atoms with E-state index in [2.05, 4.69) is 0 Å². The molecule has 2 aromatic carbocycles. The zero-order valence-corrected chi connectivity index (χ0v) is 14.5. The van der Waals surface area contributed by atoms with E-state index >= 15 is 0 Å². The smallest absolute Gasteiger partial charge is 0.211 e. The first kappa shape index (κ1) is 19.2. The molecule has 26 heavy (non-hydrogen) atoms. The molecule has 0 aromatic heterocycles. The van der Waals surface area contributed by atoms with Crippen molar-refractivity contribution in [1.29, 1.82) is 0 Å². The van der Waals surface area contributed by atoms with E-state index < -0.39 is 34.8 Å². The minimum atomic E-state index is -0.644. The van der Waals surface area contributed by atoms with Gasteiger partial charge < -0.3 is 9.47 Å². The largest absolute Gasteiger partial charge is 0.497 e. The summed E-state index contributed by atoms with van der Waals surface area (Å²) < 4.78 is 10.2. The lowest BCUT2D eigenvalue weighted by atomic mass is 9.81. The van der Waals surface area contributed by atoms with Crippen molar-refractivity contribution >= 4 is 0 Å². The number of nitrogens with zero attached hydrogens (tertiary/aromatic N) is 2. The van der Waals surface area contributed by atoms with Gasteiger partial charge in [-0.05, 0) is 35.4 Å². The number of benzene rings is 2. The van der Waals surface area contributed by atoms with Crippen LogP contribution in [-0.2, 0) is 0 Å². The predicted octanol–water partition coefficient (Wildman–Crippen LogP) is 3.12. The number of ether oxygens (including phenoxy) is 2. The Kier molecular flexibility index (Phi) is 6.48. The van der Waals surface area contributed by atoms with Gasteiger partial charge in [0.25, 0.3) is 0 Å². The van der Waals surface area contributed by atoms with Crippen LogP contribution in [0.2, 0.25) is 0 Å². The number of hydrogen-bond acceptors (Lipinski definition) is 6. The van der Waals surface area contributed by atoms with Crippen molar-refractivity contribution in [3.05, 3.63) is 79.9 Å². The lowest BCUT2D eigenvalue weighted by molar-refractivity contribution is -0.498. The summed E-state index contributed by atoms with van der Waals surface area (Å²) in [5.41, 5.74) is 1.32. The van der Waals surface area contributed by atoms with Crippen LogP contribution in [0.15, 0.2) is 48.5 Å². The van der Waals surface area contributed by atoms with Crippen molar-refractivity contribution in [3.8, 4) is 11.5 Å². The highest BCUT2D eigenvalue weighted by atomic mass is 16.6. The molecule has 138 valence electrons. The van der Waals surface area contributed by atoms with Gasteiger partial charge in [-0.2, -0.15) is 0 Å². The summed E-state index contributed by atoms with van der Waals surface area (Å²) >= 11 is 0. The quantitative estimate of drug-likeness (QED) is 0.502. The SMILES string of the molecule is COc1ccc([C@@H](C[N+](=O)[O-])[C@H](C[N+](=O)[O-])c2ccc(OC)cc2)cc1. The van der Waals surface area contributed by atoms with Crippen molar-refractivity contribution in [2.24, 2.45) is 0 Å². The molecule has 2 atom stereocenters. The maximum Gasteiger partial charge on any atom is 0.211 e. The number of rotatable bonds is 9. The molecule has 0 aliphatic carbocycles. The van der Waals surface area contributed by atoms with E-state index in [9.17, 15) is 20.2 Å². The molecular formula is C18H20N2O6. The van der Waals surface area contributed by atoms with E-state index in [4.69, 9.17) is 9.47 Å². The van der Waals surface area contributed by atoms with Gasteiger partial charge in [-0.1, -0.05) is 24.3 Å². The van der Waals surface area contributed by atoms with E-state index in [1.807, 2.05) is 0 Å². The summed E-state index contributed by atoms with van der Waals surface area (Å²) in [7, 11) is 3.05. The minimum Gasteiger partial charge on any atom is -0.497 e. The topological polar surface area (TPSA) is 105 Å². The number of methoxy groups -OCH3 is 2. The fourth-order valence-corrected chi connectivity index (χ4v) is 2.95. The zero-order valence-electron chi connectivity index (χ0n) is 14.5. The van der Waals surface area contributed by atoms with Gasteiger partial charge in [-0.3, -0.25) is 20.2 Å². The molecule has 0 radical (unpaired) electrons. The van der Waals surface area contributed by atoms with Gasteiger partial charge in [-0.15, -0.1) is 0 Å². The predicted molar refractivity (Wildman–Crippen MR) is 95.2 cm³/mol. The summed E-state index contributed by atoms with van der Waals surface area (Å²) in [6.07, 6.45) is 0. The third-order valence-corrected chi connectivity index (χ3v) is 4.27. The monoisotopic (exact) mass is 360 g/mol. The van der Waals surface area contributed by atoms with E-state index in [0.29, 0.717) is 22.6 Å². The molecule has 0 N–H and O–H groups in total. The van der Waals surface area contributed by atoms with E-state index in [1.165, 1.54) is 14.2 Å². The van der Waals surface area contributed by atoms with Crippen molar-refractivity contribution in [3.63, 3.8) is 0 Å². The van der Waals surface area contributed by atoms with Crippen LogP contribution in [0.5, 0.6) is 11.5 Å². The average Bonchev–Trinajstić information content (AvgIpc) is 2.64. The Morgan fingerprint density at radius 1 is 0.731 bits per heavy atom. The Balaban J connectivity index is 2.45. The second-order valence-electron chi connectivity index (χ2n) is 5.79. The Labute approximate surface area is 150 Å². The molecule has 0 unspecified atom stereocenters. The fourth-order valence-electron chi connectivity index (χ4n) is 2.95.